The molecule has 0 fully saturated rings. The third-order valence-electron chi connectivity index (χ3n) is 3.80. The molecular weight excluding hydrogens is 351 g/mol. The Bertz CT molecular complexity index is 743. The Morgan fingerprint density at radius 1 is 1.31 bits per heavy atom. The van der Waals surface area contributed by atoms with Crippen molar-refractivity contribution in [1.29, 1.82) is 0 Å². The Balaban J connectivity index is 2.39. The maximum absolute atomic E-state index is 12.8. The predicted molar refractivity (Wildman–Crippen MR) is 86.5 cm³/mol. The zero-order valence-electron chi connectivity index (χ0n) is 14.5. The van der Waals surface area contributed by atoms with E-state index < -0.39 is 30.1 Å². The van der Waals surface area contributed by atoms with Gasteiger partial charge in [-0.15, -0.1) is 0 Å². The standard InChI is InChI=1S/C17H20F3N3O3/c1-3-4-9-26-15(24)23-11-13(22-14(23)10-17(18,19)20)16(2,25)12-5-7-21-8-6-12/h5-8,11,25H,3-4,9-10H2,1-2H3. The van der Waals surface area contributed by atoms with E-state index >= 15 is 0 Å². The molecule has 0 aliphatic heterocycles. The summed E-state index contributed by atoms with van der Waals surface area (Å²) in [4.78, 5) is 19.8. The Morgan fingerprint density at radius 2 is 1.96 bits per heavy atom. The van der Waals surface area contributed by atoms with Crippen molar-refractivity contribution in [1.82, 2.24) is 14.5 Å². The summed E-state index contributed by atoms with van der Waals surface area (Å²) in [7, 11) is 0. The van der Waals surface area contributed by atoms with Crippen molar-refractivity contribution >= 4 is 6.09 Å². The zero-order chi connectivity index (χ0) is 19.4. The van der Waals surface area contributed by atoms with Crippen LogP contribution < -0.4 is 0 Å². The minimum absolute atomic E-state index is 0.0876. The molecule has 2 aromatic rings. The molecule has 0 spiro atoms. The number of nitrogens with zero attached hydrogens (tertiary/aromatic N) is 3. The highest BCUT2D eigenvalue weighted by molar-refractivity contribution is 5.71. The van der Waals surface area contributed by atoms with Crippen molar-refractivity contribution in [2.45, 2.75) is 44.9 Å². The predicted octanol–water partition coefficient (Wildman–Crippen LogP) is 3.42. The van der Waals surface area contributed by atoms with E-state index in [1.165, 1.54) is 31.5 Å². The number of imidazole rings is 1. The van der Waals surface area contributed by atoms with Crippen molar-refractivity contribution in [3.8, 4) is 0 Å². The number of aliphatic hydroxyl groups is 1. The Kier molecular flexibility index (Phi) is 6.01. The molecule has 2 heterocycles. The molecule has 26 heavy (non-hydrogen) atoms. The van der Waals surface area contributed by atoms with Gasteiger partial charge in [-0.3, -0.25) is 4.98 Å². The molecule has 0 bridgehead atoms. The van der Waals surface area contributed by atoms with Crippen LogP contribution in [-0.2, 0) is 16.8 Å². The lowest BCUT2D eigenvalue weighted by atomic mass is 9.94. The van der Waals surface area contributed by atoms with Crippen molar-refractivity contribution in [3.63, 3.8) is 0 Å². The summed E-state index contributed by atoms with van der Waals surface area (Å²) in [6.07, 6.45) is -1.61. The lowest BCUT2D eigenvalue weighted by Crippen LogP contribution is -2.23. The average molecular weight is 371 g/mol. The third kappa shape index (κ3) is 4.81. The van der Waals surface area contributed by atoms with Gasteiger partial charge in [0.2, 0.25) is 0 Å². The van der Waals surface area contributed by atoms with Gasteiger partial charge in [-0.1, -0.05) is 13.3 Å². The normalized spacial score (nSPS) is 14.1. The number of hydrogen-bond donors (Lipinski definition) is 1. The Hall–Kier alpha value is -2.42. The number of pyridine rings is 1. The SMILES string of the molecule is CCCCOC(=O)n1cc(C(C)(O)c2ccncc2)nc1CC(F)(F)F. The number of unbranched alkanes of at least 4 members (excludes halogenated alkanes) is 1. The number of carbonyl (C=O) groups is 1. The topological polar surface area (TPSA) is 77.2 Å². The summed E-state index contributed by atoms with van der Waals surface area (Å²) >= 11 is 0. The fourth-order valence-corrected chi connectivity index (χ4v) is 2.31. The minimum Gasteiger partial charge on any atom is -0.449 e. The molecule has 2 rings (SSSR count). The largest absolute Gasteiger partial charge is 0.449 e. The van der Waals surface area contributed by atoms with Gasteiger partial charge in [0.25, 0.3) is 0 Å². The lowest BCUT2D eigenvalue weighted by Gasteiger charge is -2.21. The van der Waals surface area contributed by atoms with Gasteiger partial charge < -0.3 is 9.84 Å². The second kappa shape index (κ2) is 7.86. The fraction of sp³-hybridized carbons (Fsp3) is 0.471. The van der Waals surface area contributed by atoms with E-state index in [2.05, 4.69) is 9.97 Å². The molecule has 6 nitrogen and oxygen atoms in total. The molecule has 1 atom stereocenters. The monoisotopic (exact) mass is 371 g/mol. The maximum Gasteiger partial charge on any atom is 0.419 e. The van der Waals surface area contributed by atoms with Crippen molar-refractivity contribution < 1.29 is 27.8 Å². The maximum atomic E-state index is 12.8. The van der Waals surface area contributed by atoms with Gasteiger partial charge in [0, 0.05) is 18.6 Å². The van der Waals surface area contributed by atoms with Gasteiger partial charge >= 0.3 is 12.3 Å². The van der Waals surface area contributed by atoms with Crippen LogP contribution in [0.2, 0.25) is 0 Å². The number of rotatable bonds is 6. The van der Waals surface area contributed by atoms with Crippen molar-refractivity contribution in [3.05, 3.63) is 47.8 Å². The van der Waals surface area contributed by atoms with Crippen LogP contribution in [-0.4, -0.2) is 38.5 Å². The molecule has 9 heteroatoms. The van der Waals surface area contributed by atoms with Crippen LogP contribution >= 0.6 is 0 Å². The van der Waals surface area contributed by atoms with Gasteiger partial charge in [-0.25, -0.2) is 14.3 Å². The molecule has 0 aromatic carbocycles. The molecule has 142 valence electrons. The lowest BCUT2D eigenvalue weighted by molar-refractivity contribution is -0.128. The third-order valence-corrected chi connectivity index (χ3v) is 3.80. The molecule has 0 amide bonds. The van der Waals surface area contributed by atoms with Crippen LogP contribution in [0.3, 0.4) is 0 Å². The molecule has 0 saturated heterocycles. The van der Waals surface area contributed by atoms with Gasteiger partial charge in [-0.05, 0) is 31.0 Å². The minimum atomic E-state index is -4.56. The molecule has 1 N–H and O–H groups in total. The summed E-state index contributed by atoms with van der Waals surface area (Å²) < 4.78 is 44.2. The van der Waals surface area contributed by atoms with Gasteiger partial charge in [-0.2, -0.15) is 13.2 Å². The second-order valence-corrected chi connectivity index (χ2v) is 5.98. The van der Waals surface area contributed by atoms with E-state index in [1.807, 2.05) is 6.92 Å². The highest BCUT2D eigenvalue weighted by Gasteiger charge is 2.35. The number of hydrogen-bond acceptors (Lipinski definition) is 5. The van der Waals surface area contributed by atoms with Crippen LogP contribution in [0.1, 0.15) is 43.8 Å². The van der Waals surface area contributed by atoms with Crippen LogP contribution in [0.5, 0.6) is 0 Å². The first-order valence-corrected chi connectivity index (χ1v) is 8.10. The summed E-state index contributed by atoms with van der Waals surface area (Å²) in [6.45, 7) is 3.37. The smallest absolute Gasteiger partial charge is 0.419 e. The molecule has 1 unspecified atom stereocenters. The molecular formula is C17H20F3N3O3. The van der Waals surface area contributed by atoms with Gasteiger partial charge in [0.05, 0.1) is 12.3 Å². The molecule has 0 saturated carbocycles. The zero-order valence-corrected chi connectivity index (χ0v) is 14.5. The number of aromatic nitrogens is 3. The summed E-state index contributed by atoms with van der Waals surface area (Å²) in [5.41, 5.74) is -1.40. The molecule has 0 aliphatic rings. The first-order chi connectivity index (χ1) is 12.1. The van der Waals surface area contributed by atoms with E-state index in [1.54, 1.807) is 0 Å². The highest BCUT2D eigenvalue weighted by atomic mass is 19.4. The number of alkyl halides is 3. The van der Waals surface area contributed by atoms with Gasteiger partial charge in [0.1, 0.15) is 17.8 Å². The van der Waals surface area contributed by atoms with Crippen LogP contribution in [0.4, 0.5) is 18.0 Å². The first kappa shape index (κ1) is 19.9. The first-order valence-electron chi connectivity index (χ1n) is 8.10. The number of carbonyl (C=O) groups excluding carboxylic acids is 1. The Morgan fingerprint density at radius 3 is 2.54 bits per heavy atom. The number of ether oxygens (including phenoxy) is 1. The fourth-order valence-electron chi connectivity index (χ4n) is 2.31. The van der Waals surface area contributed by atoms with E-state index in [-0.39, 0.29) is 12.3 Å². The van der Waals surface area contributed by atoms with Crippen LogP contribution in [0, 0.1) is 0 Å². The average Bonchev–Trinajstić information content (AvgIpc) is 2.98. The van der Waals surface area contributed by atoms with E-state index in [4.69, 9.17) is 4.74 Å². The van der Waals surface area contributed by atoms with E-state index in [0.717, 1.165) is 12.6 Å². The van der Waals surface area contributed by atoms with Crippen LogP contribution in [0.15, 0.2) is 30.7 Å². The van der Waals surface area contributed by atoms with Crippen LogP contribution in [0.25, 0.3) is 0 Å². The molecule has 0 aliphatic carbocycles. The summed E-state index contributed by atoms with van der Waals surface area (Å²) in [6, 6.07) is 3.03. The van der Waals surface area contributed by atoms with E-state index in [0.29, 0.717) is 16.6 Å². The summed E-state index contributed by atoms with van der Waals surface area (Å²) in [5.74, 6) is -0.539. The molecule has 0 radical (unpaired) electrons. The quantitative estimate of drug-likeness (QED) is 0.788. The highest BCUT2D eigenvalue weighted by Crippen LogP contribution is 2.30. The molecule has 2 aromatic heterocycles. The Labute approximate surface area is 148 Å². The number of halogens is 3. The summed E-state index contributed by atoms with van der Waals surface area (Å²) in [5, 5.41) is 10.8. The second-order valence-electron chi connectivity index (χ2n) is 5.98. The van der Waals surface area contributed by atoms with Gasteiger partial charge in [0.15, 0.2) is 0 Å². The van der Waals surface area contributed by atoms with E-state index in [9.17, 15) is 23.1 Å². The van der Waals surface area contributed by atoms with Crippen molar-refractivity contribution in [2.75, 3.05) is 6.61 Å². The van der Waals surface area contributed by atoms with Crippen molar-refractivity contribution in [2.24, 2.45) is 0 Å².